The van der Waals surface area contributed by atoms with Crippen LogP contribution in [0.2, 0.25) is 0 Å². The molecule has 0 saturated heterocycles. The molecule has 0 aliphatic rings. The van der Waals surface area contributed by atoms with Crippen molar-refractivity contribution in [2.45, 2.75) is 4.90 Å². The van der Waals surface area contributed by atoms with Gasteiger partial charge >= 0.3 is 5.97 Å². The minimum absolute atomic E-state index is 0.156. The van der Waals surface area contributed by atoms with Crippen LogP contribution in [0.15, 0.2) is 65.6 Å². The number of hydrogen-bond acceptors (Lipinski definition) is 4. The maximum atomic E-state index is 12.4. The van der Waals surface area contributed by atoms with Crippen molar-refractivity contribution in [3.8, 4) is 11.3 Å². The number of aromatic carboxylic acids is 1. The van der Waals surface area contributed by atoms with Gasteiger partial charge in [-0.2, -0.15) is 5.10 Å². The summed E-state index contributed by atoms with van der Waals surface area (Å²) in [4.78, 5) is 11.1. The maximum absolute atomic E-state index is 12.4. The van der Waals surface area contributed by atoms with Crippen LogP contribution in [0.1, 0.15) is 10.4 Å². The van der Waals surface area contributed by atoms with E-state index in [4.69, 9.17) is 5.11 Å². The molecule has 0 fully saturated rings. The lowest BCUT2D eigenvalue weighted by Crippen LogP contribution is -2.15. The molecule has 2 aromatic carbocycles. The molecule has 0 aliphatic carbocycles. The largest absolute Gasteiger partial charge is 0.478 e. The van der Waals surface area contributed by atoms with E-state index in [0.29, 0.717) is 17.1 Å². The molecule has 25 heavy (non-hydrogen) atoms. The highest BCUT2D eigenvalue weighted by Gasteiger charge is 2.17. The van der Waals surface area contributed by atoms with E-state index in [9.17, 15) is 13.2 Å². The molecule has 7 nitrogen and oxygen atoms in total. The van der Waals surface area contributed by atoms with Crippen LogP contribution in [0.5, 0.6) is 0 Å². The van der Waals surface area contributed by atoms with Gasteiger partial charge in [-0.1, -0.05) is 30.3 Å². The highest BCUT2D eigenvalue weighted by atomic mass is 32.2. The number of carboxylic acid groups (broad SMARTS) is 1. The fourth-order valence-corrected chi connectivity index (χ4v) is 3.38. The van der Waals surface area contributed by atoms with Gasteiger partial charge in [0.25, 0.3) is 10.0 Å². The van der Waals surface area contributed by atoms with E-state index >= 15 is 0 Å². The number of sulfonamides is 1. The average Bonchev–Trinajstić information content (AvgIpc) is 2.96. The van der Waals surface area contributed by atoms with Gasteiger partial charge in [0.1, 0.15) is 5.82 Å². The quantitative estimate of drug-likeness (QED) is 0.731. The van der Waals surface area contributed by atoms with Crippen LogP contribution in [0.25, 0.3) is 11.3 Å². The number of nitrogens with one attached hydrogen (secondary N) is 1. The zero-order chi connectivity index (χ0) is 18.0. The van der Waals surface area contributed by atoms with E-state index < -0.39 is 16.0 Å². The number of hydrogen-bond donors (Lipinski definition) is 2. The topological polar surface area (TPSA) is 101 Å². The summed E-state index contributed by atoms with van der Waals surface area (Å²) in [5.41, 5.74) is 1.39. The summed E-state index contributed by atoms with van der Waals surface area (Å²) in [7, 11) is -2.09. The van der Waals surface area contributed by atoms with Crippen LogP contribution in [-0.2, 0) is 17.1 Å². The highest BCUT2D eigenvalue weighted by molar-refractivity contribution is 7.92. The number of anilines is 1. The van der Waals surface area contributed by atoms with E-state index in [1.807, 2.05) is 0 Å². The molecular weight excluding hydrogens is 342 g/mol. The van der Waals surface area contributed by atoms with Gasteiger partial charge in [0.2, 0.25) is 0 Å². The number of aromatic nitrogens is 2. The first-order chi connectivity index (χ1) is 11.9. The monoisotopic (exact) mass is 357 g/mol. The Morgan fingerprint density at radius 2 is 1.72 bits per heavy atom. The van der Waals surface area contributed by atoms with E-state index in [0.717, 1.165) is 0 Å². The molecule has 8 heteroatoms. The molecule has 0 amide bonds. The van der Waals surface area contributed by atoms with Crippen LogP contribution in [0.4, 0.5) is 5.82 Å². The predicted molar refractivity (Wildman–Crippen MR) is 92.9 cm³/mol. The van der Waals surface area contributed by atoms with Gasteiger partial charge < -0.3 is 5.11 Å². The first kappa shape index (κ1) is 16.7. The Morgan fingerprint density at radius 3 is 2.32 bits per heavy atom. The third kappa shape index (κ3) is 3.53. The number of carboxylic acids is 1. The zero-order valence-corrected chi connectivity index (χ0v) is 14.1. The molecule has 2 N–H and O–H groups in total. The normalized spacial score (nSPS) is 11.2. The summed E-state index contributed by atoms with van der Waals surface area (Å²) >= 11 is 0. The third-order valence-corrected chi connectivity index (χ3v) is 4.97. The Hall–Kier alpha value is -3.13. The molecule has 1 heterocycles. The van der Waals surface area contributed by atoms with Crippen LogP contribution in [0.3, 0.4) is 0 Å². The summed E-state index contributed by atoms with van der Waals surface area (Å²) in [5, 5.41) is 13.2. The van der Waals surface area contributed by atoms with Crippen LogP contribution < -0.4 is 4.72 Å². The first-order valence-electron chi connectivity index (χ1n) is 7.32. The lowest BCUT2D eigenvalue weighted by atomic mass is 10.1. The van der Waals surface area contributed by atoms with Crippen molar-refractivity contribution in [3.05, 3.63) is 66.2 Å². The van der Waals surface area contributed by atoms with Gasteiger partial charge in [-0.05, 0) is 24.3 Å². The molecule has 0 aliphatic heterocycles. The second kappa shape index (κ2) is 6.40. The maximum Gasteiger partial charge on any atom is 0.335 e. The Labute approximate surface area is 144 Å². The van der Waals surface area contributed by atoms with Crippen LogP contribution in [-0.4, -0.2) is 29.3 Å². The standard InChI is InChI=1S/C17H15N3O4S/c1-20-16(19-25(23,24)14-5-3-2-4-6-14)11-15(18-20)12-7-9-13(10-8-12)17(21)22/h2-11,19H,1H3,(H,21,22). The number of nitrogens with zero attached hydrogens (tertiary/aromatic N) is 2. The number of rotatable bonds is 5. The Balaban J connectivity index is 1.89. The van der Waals surface area contributed by atoms with E-state index in [-0.39, 0.29) is 10.5 Å². The Morgan fingerprint density at radius 1 is 1.08 bits per heavy atom. The molecule has 3 rings (SSSR count). The van der Waals surface area contributed by atoms with E-state index in [2.05, 4.69) is 9.82 Å². The molecule has 0 saturated carbocycles. The number of carbonyl (C=O) groups is 1. The lowest BCUT2D eigenvalue weighted by molar-refractivity contribution is 0.0697. The molecule has 0 spiro atoms. The zero-order valence-electron chi connectivity index (χ0n) is 13.2. The van der Waals surface area contributed by atoms with Gasteiger partial charge in [0.15, 0.2) is 0 Å². The Kier molecular flexibility index (Phi) is 4.28. The lowest BCUT2D eigenvalue weighted by Gasteiger charge is -2.07. The summed E-state index contributed by atoms with van der Waals surface area (Å²) in [6, 6.07) is 15.8. The van der Waals surface area contributed by atoms with E-state index in [1.54, 1.807) is 43.4 Å². The van der Waals surface area contributed by atoms with E-state index in [1.165, 1.54) is 28.9 Å². The van der Waals surface area contributed by atoms with Crippen LogP contribution >= 0.6 is 0 Å². The van der Waals surface area contributed by atoms with Crippen molar-refractivity contribution >= 4 is 21.8 Å². The molecular formula is C17H15N3O4S. The van der Waals surface area contributed by atoms with Gasteiger partial charge in [0, 0.05) is 18.7 Å². The molecule has 3 aromatic rings. The summed E-state index contributed by atoms with van der Waals surface area (Å²) in [6.07, 6.45) is 0. The highest BCUT2D eigenvalue weighted by Crippen LogP contribution is 2.23. The van der Waals surface area contributed by atoms with Crippen molar-refractivity contribution in [1.82, 2.24) is 9.78 Å². The smallest absolute Gasteiger partial charge is 0.335 e. The molecule has 0 unspecified atom stereocenters. The third-order valence-electron chi connectivity index (χ3n) is 3.60. The van der Waals surface area contributed by atoms with Crippen molar-refractivity contribution in [2.24, 2.45) is 7.05 Å². The minimum Gasteiger partial charge on any atom is -0.478 e. The number of aryl methyl sites for hydroxylation is 1. The SMILES string of the molecule is Cn1nc(-c2ccc(C(=O)O)cc2)cc1NS(=O)(=O)c1ccccc1. The molecule has 0 radical (unpaired) electrons. The molecule has 1 aromatic heterocycles. The summed E-state index contributed by atoms with van der Waals surface area (Å²) < 4.78 is 28.7. The fourth-order valence-electron chi connectivity index (χ4n) is 2.28. The average molecular weight is 357 g/mol. The van der Waals surface area contributed by atoms with Crippen LogP contribution in [0, 0.1) is 0 Å². The molecule has 128 valence electrons. The van der Waals surface area contributed by atoms with Crippen molar-refractivity contribution in [1.29, 1.82) is 0 Å². The van der Waals surface area contributed by atoms with Crippen molar-refractivity contribution in [2.75, 3.05) is 4.72 Å². The van der Waals surface area contributed by atoms with Crippen molar-refractivity contribution < 1.29 is 18.3 Å². The van der Waals surface area contributed by atoms with Gasteiger partial charge in [-0.15, -0.1) is 0 Å². The number of benzene rings is 2. The van der Waals surface area contributed by atoms with Gasteiger partial charge in [0.05, 0.1) is 16.2 Å². The second-order valence-electron chi connectivity index (χ2n) is 5.34. The second-order valence-corrected chi connectivity index (χ2v) is 7.02. The fraction of sp³-hybridized carbons (Fsp3) is 0.0588. The summed E-state index contributed by atoms with van der Waals surface area (Å²) in [6.45, 7) is 0. The minimum atomic E-state index is -3.71. The molecule has 0 atom stereocenters. The van der Waals surface area contributed by atoms with Crippen molar-refractivity contribution in [3.63, 3.8) is 0 Å². The Bertz CT molecular complexity index is 1010. The molecule has 0 bridgehead atoms. The van der Waals surface area contributed by atoms with Gasteiger partial charge in [-0.3, -0.25) is 9.40 Å². The van der Waals surface area contributed by atoms with Gasteiger partial charge in [-0.25, -0.2) is 13.2 Å². The first-order valence-corrected chi connectivity index (χ1v) is 8.81. The summed E-state index contributed by atoms with van der Waals surface area (Å²) in [5.74, 6) is -0.704. The predicted octanol–water partition coefficient (Wildman–Crippen LogP) is 2.59.